The van der Waals surface area contributed by atoms with Gasteiger partial charge in [-0.2, -0.15) is 0 Å². The topological polar surface area (TPSA) is 36.4 Å². The predicted molar refractivity (Wildman–Crippen MR) is 109 cm³/mol. The monoisotopic (exact) mass is 445 g/mol. The number of guanidine groups is 1. The van der Waals surface area contributed by atoms with E-state index in [9.17, 15) is 0 Å². The molecule has 2 aliphatic carbocycles. The summed E-state index contributed by atoms with van der Waals surface area (Å²) in [7, 11) is 0. The molecular formula is C18H25ClIN3. The smallest absolute Gasteiger partial charge is 0.191 e. The van der Waals surface area contributed by atoms with E-state index in [1.54, 1.807) is 0 Å². The molecule has 0 aliphatic heterocycles. The quantitative estimate of drug-likeness (QED) is 0.307. The van der Waals surface area contributed by atoms with Crippen molar-refractivity contribution in [2.45, 2.75) is 44.1 Å². The van der Waals surface area contributed by atoms with E-state index in [0.29, 0.717) is 6.04 Å². The van der Waals surface area contributed by atoms with Crippen molar-refractivity contribution >= 4 is 41.5 Å². The van der Waals surface area contributed by atoms with Gasteiger partial charge in [-0.1, -0.05) is 35.9 Å². The summed E-state index contributed by atoms with van der Waals surface area (Å²) in [5.74, 6) is 0.935. The molecule has 0 spiro atoms. The van der Waals surface area contributed by atoms with Gasteiger partial charge >= 0.3 is 0 Å². The van der Waals surface area contributed by atoms with E-state index in [2.05, 4.69) is 41.8 Å². The van der Waals surface area contributed by atoms with Gasteiger partial charge in [0, 0.05) is 23.0 Å². The molecule has 5 heteroatoms. The van der Waals surface area contributed by atoms with Crippen LogP contribution in [0.5, 0.6) is 0 Å². The van der Waals surface area contributed by atoms with Crippen LogP contribution in [0.3, 0.4) is 0 Å². The summed E-state index contributed by atoms with van der Waals surface area (Å²) in [4.78, 5) is 4.84. The second-order valence-corrected chi connectivity index (χ2v) is 6.71. The Morgan fingerprint density at radius 1 is 1.30 bits per heavy atom. The molecule has 0 atom stereocenters. The Morgan fingerprint density at radius 2 is 2.04 bits per heavy atom. The molecule has 1 saturated carbocycles. The Kier molecular flexibility index (Phi) is 6.77. The lowest BCUT2D eigenvalue weighted by molar-refractivity contribution is 0.625. The van der Waals surface area contributed by atoms with Crippen molar-refractivity contribution in [2.75, 3.05) is 13.1 Å². The molecule has 1 fully saturated rings. The van der Waals surface area contributed by atoms with Crippen molar-refractivity contribution in [3.05, 3.63) is 47.0 Å². The number of aliphatic imine (C=N–C) groups is 1. The fourth-order valence-corrected chi connectivity index (χ4v) is 3.18. The van der Waals surface area contributed by atoms with Crippen LogP contribution in [0.15, 0.2) is 41.4 Å². The number of nitrogens with zero attached hydrogens (tertiary/aromatic N) is 1. The summed E-state index contributed by atoms with van der Waals surface area (Å²) >= 11 is 6.14. The molecular weight excluding hydrogens is 421 g/mol. The first-order valence-electron chi connectivity index (χ1n) is 8.18. The van der Waals surface area contributed by atoms with E-state index in [-0.39, 0.29) is 29.4 Å². The van der Waals surface area contributed by atoms with Crippen LogP contribution in [-0.2, 0) is 5.41 Å². The second kappa shape index (κ2) is 8.38. The van der Waals surface area contributed by atoms with Gasteiger partial charge in [-0.05, 0) is 50.3 Å². The molecule has 2 N–H and O–H groups in total. The zero-order valence-corrected chi connectivity index (χ0v) is 16.6. The third kappa shape index (κ3) is 4.86. The maximum atomic E-state index is 6.14. The lowest BCUT2D eigenvalue weighted by atomic mass is 9.96. The molecule has 23 heavy (non-hydrogen) atoms. The zero-order valence-electron chi connectivity index (χ0n) is 13.5. The summed E-state index contributed by atoms with van der Waals surface area (Å²) in [6.45, 7) is 3.81. The Hall–Kier alpha value is -0.750. The highest BCUT2D eigenvalue weighted by atomic mass is 127. The van der Waals surface area contributed by atoms with Crippen LogP contribution in [0.1, 0.15) is 38.2 Å². The van der Waals surface area contributed by atoms with Gasteiger partial charge < -0.3 is 10.6 Å². The van der Waals surface area contributed by atoms with Gasteiger partial charge in [-0.3, -0.25) is 4.99 Å². The van der Waals surface area contributed by atoms with Crippen LogP contribution in [0.2, 0.25) is 5.02 Å². The van der Waals surface area contributed by atoms with Crippen molar-refractivity contribution in [1.82, 2.24) is 10.6 Å². The molecule has 1 aromatic carbocycles. The highest BCUT2D eigenvalue weighted by Crippen LogP contribution is 2.48. The predicted octanol–water partition coefficient (Wildman–Crippen LogP) is 4.26. The van der Waals surface area contributed by atoms with Gasteiger partial charge in [-0.15, -0.1) is 24.0 Å². The number of rotatable bonds is 5. The number of benzene rings is 1. The Morgan fingerprint density at radius 3 is 2.65 bits per heavy atom. The van der Waals surface area contributed by atoms with Crippen LogP contribution < -0.4 is 10.6 Å². The third-order valence-electron chi connectivity index (χ3n) is 4.52. The standard InChI is InChI=1S/C18H24ClN3.HI/c1-2-20-17(22-16-8-3-4-9-16)21-13-18(10-11-18)14-6-5-7-15(19)12-14;/h3-7,12,16H,2,8-11,13H2,1H3,(H2,20,21,22);1H. The minimum atomic E-state index is 0. The lowest BCUT2D eigenvalue weighted by Crippen LogP contribution is -2.42. The highest BCUT2D eigenvalue weighted by Gasteiger charge is 2.44. The molecule has 0 unspecified atom stereocenters. The van der Waals surface area contributed by atoms with E-state index in [1.165, 1.54) is 18.4 Å². The fourth-order valence-electron chi connectivity index (χ4n) is 2.99. The maximum Gasteiger partial charge on any atom is 0.191 e. The average Bonchev–Trinajstić information content (AvgIpc) is 3.14. The molecule has 3 nitrogen and oxygen atoms in total. The van der Waals surface area contributed by atoms with E-state index < -0.39 is 0 Å². The largest absolute Gasteiger partial charge is 0.357 e. The Bertz CT molecular complexity index is 573. The van der Waals surface area contributed by atoms with E-state index in [1.807, 2.05) is 12.1 Å². The third-order valence-corrected chi connectivity index (χ3v) is 4.76. The van der Waals surface area contributed by atoms with Crippen molar-refractivity contribution in [3.8, 4) is 0 Å². The fraction of sp³-hybridized carbons (Fsp3) is 0.500. The molecule has 0 saturated heterocycles. The number of nitrogens with one attached hydrogen (secondary N) is 2. The molecule has 0 amide bonds. The number of halogens is 2. The van der Waals surface area contributed by atoms with Crippen molar-refractivity contribution in [3.63, 3.8) is 0 Å². The Balaban J connectivity index is 0.00000192. The Labute approximate surface area is 161 Å². The zero-order chi connectivity index (χ0) is 15.4. The minimum Gasteiger partial charge on any atom is -0.357 e. The first-order valence-corrected chi connectivity index (χ1v) is 8.55. The molecule has 0 radical (unpaired) electrons. The molecule has 2 aliphatic rings. The van der Waals surface area contributed by atoms with Gasteiger partial charge in [0.25, 0.3) is 0 Å². The van der Waals surface area contributed by atoms with Gasteiger partial charge in [0.05, 0.1) is 6.54 Å². The van der Waals surface area contributed by atoms with Crippen LogP contribution in [0.25, 0.3) is 0 Å². The highest BCUT2D eigenvalue weighted by molar-refractivity contribution is 14.0. The van der Waals surface area contributed by atoms with Gasteiger partial charge in [0.2, 0.25) is 0 Å². The van der Waals surface area contributed by atoms with Gasteiger partial charge in [0.1, 0.15) is 0 Å². The molecule has 1 aromatic rings. The summed E-state index contributed by atoms with van der Waals surface area (Å²) in [5, 5.41) is 7.70. The van der Waals surface area contributed by atoms with Crippen LogP contribution in [0.4, 0.5) is 0 Å². The van der Waals surface area contributed by atoms with Crippen molar-refractivity contribution in [2.24, 2.45) is 4.99 Å². The molecule has 126 valence electrons. The summed E-state index contributed by atoms with van der Waals surface area (Å²) in [6, 6.07) is 8.72. The average molecular weight is 446 g/mol. The van der Waals surface area contributed by atoms with Crippen LogP contribution in [-0.4, -0.2) is 25.1 Å². The normalized spacial score (nSPS) is 19.3. The van der Waals surface area contributed by atoms with E-state index >= 15 is 0 Å². The maximum absolute atomic E-state index is 6.14. The van der Waals surface area contributed by atoms with Crippen molar-refractivity contribution < 1.29 is 0 Å². The molecule has 0 aromatic heterocycles. The number of hydrogen-bond donors (Lipinski definition) is 2. The SMILES string of the molecule is CCNC(=NCC1(c2cccc(Cl)c2)CC1)NC1CC=CC1.I. The van der Waals surface area contributed by atoms with Crippen LogP contribution in [0, 0.1) is 0 Å². The second-order valence-electron chi connectivity index (χ2n) is 6.27. The van der Waals surface area contributed by atoms with Crippen LogP contribution >= 0.6 is 35.6 Å². The molecule has 3 rings (SSSR count). The first-order chi connectivity index (χ1) is 10.7. The van der Waals surface area contributed by atoms with Gasteiger partial charge in [-0.25, -0.2) is 0 Å². The van der Waals surface area contributed by atoms with Gasteiger partial charge in [0.15, 0.2) is 5.96 Å². The summed E-state index contributed by atoms with van der Waals surface area (Å²) in [5.41, 5.74) is 1.52. The minimum absolute atomic E-state index is 0. The first kappa shape index (κ1) is 18.6. The van der Waals surface area contributed by atoms with E-state index in [0.717, 1.165) is 36.9 Å². The molecule has 0 bridgehead atoms. The summed E-state index contributed by atoms with van der Waals surface area (Å²) < 4.78 is 0. The molecule has 0 heterocycles. The summed E-state index contributed by atoms with van der Waals surface area (Å²) in [6.07, 6.45) is 9.03. The van der Waals surface area contributed by atoms with Crippen molar-refractivity contribution in [1.29, 1.82) is 0 Å². The van der Waals surface area contributed by atoms with E-state index in [4.69, 9.17) is 16.6 Å². The number of hydrogen-bond acceptors (Lipinski definition) is 1. The lowest BCUT2D eigenvalue weighted by Gasteiger charge is -2.19.